The summed E-state index contributed by atoms with van der Waals surface area (Å²) in [6.45, 7) is 4.77. The molecule has 4 rings (SSSR count). The molecule has 0 bridgehead atoms. The van der Waals surface area contributed by atoms with Gasteiger partial charge in [-0.15, -0.1) is 12.4 Å². The van der Waals surface area contributed by atoms with Crippen molar-refractivity contribution in [2.24, 2.45) is 0 Å². The van der Waals surface area contributed by atoms with Crippen LogP contribution in [0, 0.1) is 6.92 Å². The van der Waals surface area contributed by atoms with Gasteiger partial charge in [-0.05, 0) is 44.0 Å². The number of halogens is 1. The molecule has 1 aliphatic rings. The second kappa shape index (κ2) is 9.71. The molecule has 1 saturated heterocycles. The quantitative estimate of drug-likeness (QED) is 0.650. The first-order valence-electron chi connectivity index (χ1n) is 9.79. The average Bonchev–Trinajstić information content (AvgIpc) is 3.37. The predicted octanol–water partition coefficient (Wildman–Crippen LogP) is 2.58. The Morgan fingerprint density at radius 3 is 2.93 bits per heavy atom. The molecular weight excluding hydrogens is 388 g/mol. The summed E-state index contributed by atoms with van der Waals surface area (Å²) >= 11 is 0. The van der Waals surface area contributed by atoms with E-state index in [4.69, 9.17) is 0 Å². The van der Waals surface area contributed by atoms with Gasteiger partial charge in [-0.3, -0.25) is 9.48 Å². The predicted molar refractivity (Wildman–Crippen MR) is 114 cm³/mol. The van der Waals surface area contributed by atoms with E-state index in [0.717, 1.165) is 48.4 Å². The van der Waals surface area contributed by atoms with Gasteiger partial charge >= 0.3 is 0 Å². The van der Waals surface area contributed by atoms with Crippen molar-refractivity contribution in [1.29, 1.82) is 0 Å². The van der Waals surface area contributed by atoms with Crippen molar-refractivity contribution >= 4 is 18.3 Å². The van der Waals surface area contributed by atoms with E-state index in [1.807, 2.05) is 39.8 Å². The van der Waals surface area contributed by atoms with Gasteiger partial charge in [0.05, 0.1) is 11.9 Å². The summed E-state index contributed by atoms with van der Waals surface area (Å²) < 4.78 is 3.67. The van der Waals surface area contributed by atoms with Gasteiger partial charge in [0, 0.05) is 42.7 Å². The number of piperidine rings is 1. The van der Waals surface area contributed by atoms with Crippen molar-refractivity contribution in [3.05, 3.63) is 65.7 Å². The van der Waals surface area contributed by atoms with Crippen LogP contribution in [-0.4, -0.2) is 38.6 Å². The van der Waals surface area contributed by atoms with Gasteiger partial charge in [0.2, 0.25) is 5.91 Å². The zero-order valence-corrected chi connectivity index (χ0v) is 17.4. The molecule has 2 aromatic heterocycles. The molecular formula is C21H27ClN6O. The maximum absolute atomic E-state index is 12.4. The first kappa shape index (κ1) is 21.1. The summed E-state index contributed by atoms with van der Waals surface area (Å²) in [5.74, 6) is 0.383. The standard InChI is InChI=1S/C21H26N6O.ClH/c1-16-5-2-3-7-19(16)26-14-17(12-25-26)11-23-21(28)15-27-20(8-10-24-27)18-6-4-9-22-13-18;/h2-3,5,7-8,10,12,14,18,22H,4,6,9,11,13,15H2,1H3,(H,23,28);1H. The third-order valence-corrected chi connectivity index (χ3v) is 5.25. The number of amides is 1. The minimum Gasteiger partial charge on any atom is -0.350 e. The molecule has 8 heteroatoms. The van der Waals surface area contributed by atoms with Crippen LogP contribution in [0.3, 0.4) is 0 Å². The minimum absolute atomic E-state index is 0. The highest BCUT2D eigenvalue weighted by molar-refractivity contribution is 5.85. The molecule has 3 heterocycles. The Hall–Kier alpha value is -2.64. The van der Waals surface area contributed by atoms with Crippen LogP contribution in [0.2, 0.25) is 0 Å². The van der Waals surface area contributed by atoms with Crippen LogP contribution in [0.4, 0.5) is 0 Å². The maximum atomic E-state index is 12.4. The van der Waals surface area contributed by atoms with E-state index in [1.165, 1.54) is 0 Å². The minimum atomic E-state index is -0.0441. The maximum Gasteiger partial charge on any atom is 0.242 e. The molecule has 1 fully saturated rings. The molecule has 29 heavy (non-hydrogen) atoms. The van der Waals surface area contributed by atoms with Crippen molar-refractivity contribution in [2.45, 2.75) is 38.8 Å². The second-order valence-electron chi connectivity index (χ2n) is 7.31. The number of hydrogen-bond acceptors (Lipinski definition) is 4. The summed E-state index contributed by atoms with van der Waals surface area (Å²) in [5.41, 5.74) is 4.30. The molecule has 154 valence electrons. The largest absolute Gasteiger partial charge is 0.350 e. The number of nitrogens with one attached hydrogen (secondary N) is 2. The van der Waals surface area contributed by atoms with E-state index < -0.39 is 0 Å². The monoisotopic (exact) mass is 414 g/mol. The zero-order chi connectivity index (χ0) is 19.3. The second-order valence-corrected chi connectivity index (χ2v) is 7.31. The van der Waals surface area contributed by atoms with Gasteiger partial charge in [-0.2, -0.15) is 10.2 Å². The molecule has 0 aliphatic carbocycles. The summed E-state index contributed by atoms with van der Waals surface area (Å²) in [6.07, 6.45) is 7.82. The average molecular weight is 415 g/mol. The number of aryl methyl sites for hydroxylation is 1. The lowest BCUT2D eigenvalue weighted by Gasteiger charge is -2.23. The number of para-hydroxylation sites is 1. The van der Waals surface area contributed by atoms with Gasteiger partial charge in [-0.25, -0.2) is 4.68 Å². The fourth-order valence-corrected chi connectivity index (χ4v) is 3.72. The Morgan fingerprint density at radius 1 is 1.28 bits per heavy atom. The van der Waals surface area contributed by atoms with Crippen molar-refractivity contribution in [3.8, 4) is 5.69 Å². The van der Waals surface area contributed by atoms with E-state index >= 15 is 0 Å². The van der Waals surface area contributed by atoms with Crippen LogP contribution in [0.5, 0.6) is 0 Å². The third kappa shape index (κ3) is 5.05. The molecule has 1 aliphatic heterocycles. The number of aromatic nitrogens is 4. The number of carbonyl (C=O) groups is 1. The Balaban J connectivity index is 0.00000240. The number of carbonyl (C=O) groups excluding carboxylic acids is 1. The number of benzene rings is 1. The number of nitrogens with zero attached hydrogens (tertiary/aromatic N) is 4. The lowest BCUT2D eigenvalue weighted by atomic mass is 9.96. The van der Waals surface area contributed by atoms with E-state index in [-0.39, 0.29) is 24.9 Å². The summed E-state index contributed by atoms with van der Waals surface area (Å²) in [5, 5.41) is 15.2. The van der Waals surface area contributed by atoms with Gasteiger partial charge in [0.1, 0.15) is 6.54 Å². The molecule has 7 nitrogen and oxygen atoms in total. The van der Waals surface area contributed by atoms with Crippen molar-refractivity contribution in [2.75, 3.05) is 13.1 Å². The fraction of sp³-hybridized carbons (Fsp3) is 0.381. The lowest BCUT2D eigenvalue weighted by molar-refractivity contribution is -0.122. The first-order chi connectivity index (χ1) is 13.7. The number of rotatable bonds is 6. The van der Waals surface area contributed by atoms with Crippen LogP contribution >= 0.6 is 12.4 Å². The van der Waals surface area contributed by atoms with Gasteiger partial charge in [-0.1, -0.05) is 18.2 Å². The topological polar surface area (TPSA) is 76.8 Å². The number of hydrogen-bond donors (Lipinski definition) is 2. The van der Waals surface area contributed by atoms with Crippen LogP contribution in [0.1, 0.15) is 35.6 Å². The normalized spacial score (nSPS) is 16.2. The van der Waals surface area contributed by atoms with Gasteiger partial charge < -0.3 is 10.6 Å². The molecule has 0 spiro atoms. The van der Waals surface area contributed by atoms with Crippen LogP contribution in [0.25, 0.3) is 5.69 Å². The highest BCUT2D eigenvalue weighted by Gasteiger charge is 2.19. The molecule has 1 unspecified atom stereocenters. The van der Waals surface area contributed by atoms with Gasteiger partial charge in [0.15, 0.2) is 0 Å². The molecule has 0 saturated carbocycles. The van der Waals surface area contributed by atoms with Gasteiger partial charge in [0.25, 0.3) is 0 Å². The molecule has 0 radical (unpaired) electrons. The van der Waals surface area contributed by atoms with Crippen LogP contribution < -0.4 is 10.6 Å². The van der Waals surface area contributed by atoms with Crippen LogP contribution in [0.15, 0.2) is 48.9 Å². The highest BCUT2D eigenvalue weighted by Crippen LogP contribution is 2.22. The van der Waals surface area contributed by atoms with E-state index in [0.29, 0.717) is 12.5 Å². The van der Waals surface area contributed by atoms with E-state index in [1.54, 1.807) is 12.4 Å². The molecule has 2 N–H and O–H groups in total. The van der Waals surface area contributed by atoms with E-state index in [2.05, 4.69) is 33.8 Å². The summed E-state index contributed by atoms with van der Waals surface area (Å²) in [7, 11) is 0. The Labute approximate surface area is 176 Å². The van der Waals surface area contributed by atoms with Crippen molar-refractivity contribution in [3.63, 3.8) is 0 Å². The van der Waals surface area contributed by atoms with Crippen molar-refractivity contribution < 1.29 is 4.79 Å². The lowest BCUT2D eigenvalue weighted by Crippen LogP contribution is -2.32. The molecule has 3 aromatic rings. The fourth-order valence-electron chi connectivity index (χ4n) is 3.72. The molecule has 1 aromatic carbocycles. The molecule has 1 amide bonds. The Kier molecular flexibility index (Phi) is 7.06. The summed E-state index contributed by atoms with van der Waals surface area (Å²) in [6, 6.07) is 10.1. The smallest absolute Gasteiger partial charge is 0.242 e. The third-order valence-electron chi connectivity index (χ3n) is 5.25. The first-order valence-corrected chi connectivity index (χ1v) is 9.79. The Bertz CT molecular complexity index is 944. The van der Waals surface area contributed by atoms with E-state index in [9.17, 15) is 4.79 Å². The zero-order valence-electron chi connectivity index (χ0n) is 16.5. The van der Waals surface area contributed by atoms with Crippen LogP contribution in [-0.2, 0) is 17.9 Å². The highest BCUT2D eigenvalue weighted by atomic mass is 35.5. The van der Waals surface area contributed by atoms with Crippen molar-refractivity contribution in [1.82, 2.24) is 30.2 Å². The molecule has 1 atom stereocenters. The summed E-state index contributed by atoms with van der Waals surface area (Å²) in [4.78, 5) is 12.4. The SMILES string of the molecule is Cc1ccccc1-n1cc(CNC(=O)Cn2nccc2C2CCCNC2)cn1.Cl. The Morgan fingerprint density at radius 2 is 2.14 bits per heavy atom.